The predicted molar refractivity (Wildman–Crippen MR) is 70.1 cm³/mol. The van der Waals surface area contributed by atoms with Gasteiger partial charge in [0.05, 0.1) is 10.9 Å². The number of piperidine rings is 1. The maximum absolute atomic E-state index is 11.4. The highest BCUT2D eigenvalue weighted by Crippen LogP contribution is 2.26. The van der Waals surface area contributed by atoms with E-state index in [1.807, 2.05) is 0 Å². The van der Waals surface area contributed by atoms with Gasteiger partial charge in [-0.15, -0.1) is 11.6 Å². The molecule has 1 aliphatic heterocycles. The lowest BCUT2D eigenvalue weighted by Gasteiger charge is -2.33. The number of rotatable bonds is 5. The summed E-state index contributed by atoms with van der Waals surface area (Å²) >= 11 is 7.06. The minimum atomic E-state index is 0.135. The van der Waals surface area contributed by atoms with Crippen LogP contribution in [0.2, 0.25) is 0 Å². The zero-order valence-electron chi connectivity index (χ0n) is 9.19. The van der Waals surface area contributed by atoms with Crippen molar-refractivity contribution in [1.29, 1.82) is 0 Å². The lowest BCUT2D eigenvalue weighted by Crippen LogP contribution is -2.35. The summed E-state index contributed by atoms with van der Waals surface area (Å²) < 4.78 is 0. The first-order valence-electron chi connectivity index (χ1n) is 5.25. The van der Waals surface area contributed by atoms with Crippen LogP contribution < -0.4 is 5.73 Å². The van der Waals surface area contributed by atoms with Crippen molar-refractivity contribution in [2.45, 2.75) is 12.8 Å². The molecule has 1 rings (SSSR count). The SMILES string of the molecule is C=C(S/C=C\N)N1CCC(C(=O)CCl)CC1. The smallest absolute Gasteiger partial charge is 0.150 e. The fraction of sp³-hybridized carbons (Fsp3) is 0.545. The number of nitrogens with two attached hydrogens (primary N) is 1. The van der Waals surface area contributed by atoms with Gasteiger partial charge in [0.2, 0.25) is 0 Å². The number of halogens is 1. The van der Waals surface area contributed by atoms with Crippen molar-refractivity contribution in [2.24, 2.45) is 11.7 Å². The third-order valence-corrected chi connectivity index (χ3v) is 3.80. The molecule has 5 heteroatoms. The Hall–Kier alpha value is -0.610. The molecule has 0 aromatic carbocycles. The van der Waals surface area contributed by atoms with E-state index in [-0.39, 0.29) is 17.6 Å². The molecule has 0 aromatic heterocycles. The van der Waals surface area contributed by atoms with Crippen LogP contribution in [0.15, 0.2) is 23.2 Å². The summed E-state index contributed by atoms with van der Waals surface area (Å²) in [5, 5.41) is 2.79. The van der Waals surface area contributed by atoms with Crippen LogP contribution in [0.4, 0.5) is 0 Å². The van der Waals surface area contributed by atoms with Crippen LogP contribution >= 0.6 is 23.4 Å². The second-order valence-electron chi connectivity index (χ2n) is 3.70. The van der Waals surface area contributed by atoms with Gasteiger partial charge >= 0.3 is 0 Å². The molecule has 0 spiro atoms. The van der Waals surface area contributed by atoms with E-state index in [0.29, 0.717) is 0 Å². The highest BCUT2D eigenvalue weighted by molar-refractivity contribution is 8.05. The van der Waals surface area contributed by atoms with Crippen molar-refractivity contribution >= 4 is 29.1 Å². The summed E-state index contributed by atoms with van der Waals surface area (Å²) in [5.41, 5.74) is 5.27. The third kappa shape index (κ3) is 3.76. The number of carbonyl (C=O) groups is 1. The van der Waals surface area contributed by atoms with Gasteiger partial charge in [-0.05, 0) is 18.2 Å². The Balaban J connectivity index is 2.36. The molecule has 16 heavy (non-hydrogen) atoms. The molecule has 0 amide bonds. The van der Waals surface area contributed by atoms with Crippen LogP contribution in [0, 0.1) is 5.92 Å². The molecule has 90 valence electrons. The van der Waals surface area contributed by atoms with Crippen LogP contribution in [0.3, 0.4) is 0 Å². The highest BCUT2D eigenvalue weighted by atomic mass is 35.5. The van der Waals surface area contributed by atoms with Crippen LogP contribution in [-0.2, 0) is 4.79 Å². The summed E-state index contributed by atoms with van der Waals surface area (Å²) in [5.74, 6) is 0.439. The average Bonchev–Trinajstić information content (AvgIpc) is 2.35. The highest BCUT2D eigenvalue weighted by Gasteiger charge is 2.24. The Morgan fingerprint density at radius 1 is 1.56 bits per heavy atom. The van der Waals surface area contributed by atoms with Gasteiger partial charge in [-0.1, -0.05) is 18.3 Å². The molecule has 0 saturated carbocycles. The molecule has 0 unspecified atom stereocenters. The van der Waals surface area contributed by atoms with E-state index in [2.05, 4.69) is 11.5 Å². The van der Waals surface area contributed by atoms with Crippen molar-refractivity contribution in [3.63, 3.8) is 0 Å². The van der Waals surface area contributed by atoms with E-state index in [4.69, 9.17) is 17.3 Å². The molecule has 1 aliphatic rings. The zero-order chi connectivity index (χ0) is 12.0. The Morgan fingerprint density at radius 3 is 2.69 bits per heavy atom. The Morgan fingerprint density at radius 2 is 2.19 bits per heavy atom. The van der Waals surface area contributed by atoms with Crippen LogP contribution in [0.25, 0.3) is 0 Å². The second-order valence-corrected chi connectivity index (χ2v) is 4.95. The molecule has 0 radical (unpaired) electrons. The van der Waals surface area contributed by atoms with Crippen LogP contribution in [0.1, 0.15) is 12.8 Å². The number of carbonyl (C=O) groups excluding carboxylic acids is 1. The van der Waals surface area contributed by atoms with Gasteiger partial charge in [-0.25, -0.2) is 0 Å². The number of Topliss-reactive ketones (excluding diaryl/α,β-unsaturated/α-hetero) is 1. The summed E-state index contributed by atoms with van der Waals surface area (Å²) in [4.78, 5) is 13.6. The number of thioether (sulfide) groups is 1. The molecule has 0 bridgehead atoms. The van der Waals surface area contributed by atoms with E-state index in [1.54, 1.807) is 5.41 Å². The van der Waals surface area contributed by atoms with E-state index >= 15 is 0 Å². The molecule has 3 nitrogen and oxygen atoms in total. The summed E-state index contributed by atoms with van der Waals surface area (Å²) in [7, 11) is 0. The fourth-order valence-corrected chi connectivity index (χ4v) is 2.54. The maximum atomic E-state index is 11.4. The number of nitrogens with zero attached hydrogens (tertiary/aromatic N) is 1. The molecule has 1 heterocycles. The third-order valence-electron chi connectivity index (χ3n) is 2.72. The fourth-order valence-electron chi connectivity index (χ4n) is 1.75. The van der Waals surface area contributed by atoms with E-state index < -0.39 is 0 Å². The summed E-state index contributed by atoms with van der Waals surface area (Å²) in [6.45, 7) is 5.72. The van der Waals surface area contributed by atoms with Gasteiger partial charge in [0.25, 0.3) is 0 Å². The standard InChI is InChI=1S/C11H17ClN2OS/c1-9(16-7-4-13)14-5-2-10(3-6-14)11(15)8-12/h4,7,10H,1-3,5-6,8,13H2/b7-4-. The van der Waals surface area contributed by atoms with Gasteiger partial charge in [-0.2, -0.15) is 0 Å². The first-order valence-corrected chi connectivity index (χ1v) is 6.66. The van der Waals surface area contributed by atoms with Crippen molar-refractivity contribution < 1.29 is 4.79 Å². The van der Waals surface area contributed by atoms with E-state index in [9.17, 15) is 4.79 Å². The monoisotopic (exact) mass is 260 g/mol. The molecule has 1 fully saturated rings. The Labute approximate surface area is 106 Å². The molecular weight excluding hydrogens is 244 g/mol. The number of alkyl halides is 1. The van der Waals surface area contributed by atoms with Crippen molar-refractivity contribution in [3.8, 4) is 0 Å². The lowest BCUT2D eigenvalue weighted by atomic mass is 9.93. The van der Waals surface area contributed by atoms with Crippen molar-refractivity contribution in [3.05, 3.63) is 23.2 Å². The minimum Gasteiger partial charge on any atom is -0.404 e. The average molecular weight is 261 g/mol. The summed E-state index contributed by atoms with van der Waals surface area (Å²) in [6, 6.07) is 0. The first-order chi connectivity index (χ1) is 7.69. The molecular formula is C11H17ClN2OS. The second kappa shape index (κ2) is 6.86. The topological polar surface area (TPSA) is 46.3 Å². The van der Waals surface area contributed by atoms with Gasteiger partial charge in [-0.3, -0.25) is 4.79 Å². The van der Waals surface area contributed by atoms with Gasteiger partial charge in [0.1, 0.15) is 0 Å². The van der Waals surface area contributed by atoms with Gasteiger partial charge in [0.15, 0.2) is 5.78 Å². The van der Waals surface area contributed by atoms with Crippen LogP contribution in [0.5, 0.6) is 0 Å². The lowest BCUT2D eigenvalue weighted by molar-refractivity contribution is -0.121. The molecule has 1 saturated heterocycles. The number of hydrogen-bond acceptors (Lipinski definition) is 4. The number of hydrogen-bond donors (Lipinski definition) is 1. The maximum Gasteiger partial charge on any atom is 0.150 e. The molecule has 0 aliphatic carbocycles. The summed E-state index contributed by atoms with van der Waals surface area (Å²) in [6.07, 6.45) is 3.24. The molecule has 0 atom stereocenters. The Kier molecular flexibility index (Phi) is 5.77. The quantitative estimate of drug-likeness (QED) is 0.770. The van der Waals surface area contributed by atoms with Crippen molar-refractivity contribution in [1.82, 2.24) is 4.90 Å². The normalized spacial score (nSPS) is 17.9. The largest absolute Gasteiger partial charge is 0.404 e. The predicted octanol–water partition coefficient (Wildman–Crippen LogP) is 2.14. The Bertz CT molecular complexity index is 286. The number of likely N-dealkylation sites (tertiary alicyclic amines) is 1. The van der Waals surface area contributed by atoms with E-state index in [0.717, 1.165) is 31.0 Å². The van der Waals surface area contributed by atoms with Gasteiger partial charge in [0, 0.05) is 25.2 Å². The number of ketones is 1. The molecule has 2 N–H and O–H groups in total. The zero-order valence-corrected chi connectivity index (χ0v) is 10.8. The van der Waals surface area contributed by atoms with Crippen molar-refractivity contribution in [2.75, 3.05) is 19.0 Å². The first kappa shape index (κ1) is 13.5. The minimum absolute atomic E-state index is 0.135. The van der Waals surface area contributed by atoms with Crippen LogP contribution in [-0.4, -0.2) is 29.7 Å². The van der Waals surface area contributed by atoms with E-state index in [1.165, 1.54) is 18.0 Å². The molecule has 0 aromatic rings. The van der Waals surface area contributed by atoms with Gasteiger partial charge < -0.3 is 10.6 Å².